The van der Waals surface area contributed by atoms with Crippen LogP contribution in [0.15, 0.2) is 24.3 Å². The monoisotopic (exact) mass is 303 g/mol. The molecule has 0 spiro atoms. The molecule has 0 amide bonds. The molecule has 0 aliphatic carbocycles. The summed E-state index contributed by atoms with van der Waals surface area (Å²) < 4.78 is 1.26. The smallest absolute Gasteiger partial charge is 0.0337 e. The molecule has 1 atom stereocenters. The number of halogens is 1. The van der Waals surface area contributed by atoms with Gasteiger partial charge in [-0.3, -0.25) is 0 Å². The molecule has 0 radical (unpaired) electrons. The number of hydrogen-bond acceptors (Lipinski definition) is 1. The summed E-state index contributed by atoms with van der Waals surface area (Å²) in [5.41, 5.74) is 2.64. The summed E-state index contributed by atoms with van der Waals surface area (Å²) in [6.45, 7) is 2.31. The highest BCUT2D eigenvalue weighted by atomic mass is 127. The molecule has 0 aliphatic rings. The molecule has 0 saturated heterocycles. The van der Waals surface area contributed by atoms with E-state index in [1.165, 1.54) is 28.5 Å². The molecule has 0 aliphatic heterocycles. The molecule has 14 heavy (non-hydrogen) atoms. The first-order valence-electron chi connectivity index (χ1n) is 5.09. The van der Waals surface area contributed by atoms with Crippen LogP contribution in [-0.4, -0.2) is 11.5 Å². The van der Waals surface area contributed by atoms with E-state index in [0.29, 0.717) is 0 Å². The number of alkyl halides is 1. The summed E-state index contributed by atoms with van der Waals surface area (Å²) in [5.74, 6) is 0.833. The standard InChI is InChI=1S/C12H18IN/c1-10(9-13)3-4-11-5-7-12(14-2)8-6-11/h5-8,10,14H,3-4,9H2,1-2H3. The van der Waals surface area contributed by atoms with Gasteiger partial charge in [0.05, 0.1) is 0 Å². The number of nitrogens with one attached hydrogen (secondary N) is 1. The Kier molecular flexibility index (Phi) is 5.30. The Labute approximate surface area is 100 Å². The highest BCUT2D eigenvalue weighted by Gasteiger charge is 2.00. The van der Waals surface area contributed by atoms with Crippen LogP contribution in [0, 0.1) is 5.92 Å². The lowest BCUT2D eigenvalue weighted by Gasteiger charge is -2.07. The zero-order valence-electron chi connectivity index (χ0n) is 8.89. The number of anilines is 1. The maximum atomic E-state index is 3.13. The Morgan fingerprint density at radius 3 is 2.43 bits per heavy atom. The molecule has 0 aromatic heterocycles. The molecular weight excluding hydrogens is 285 g/mol. The van der Waals surface area contributed by atoms with Crippen molar-refractivity contribution >= 4 is 28.3 Å². The third-order valence-corrected chi connectivity index (χ3v) is 3.94. The van der Waals surface area contributed by atoms with Gasteiger partial charge in [0.1, 0.15) is 0 Å². The van der Waals surface area contributed by atoms with E-state index < -0.39 is 0 Å². The van der Waals surface area contributed by atoms with E-state index >= 15 is 0 Å². The highest BCUT2D eigenvalue weighted by Crippen LogP contribution is 2.14. The van der Waals surface area contributed by atoms with Gasteiger partial charge in [-0.1, -0.05) is 41.6 Å². The molecule has 0 saturated carbocycles. The Morgan fingerprint density at radius 2 is 1.93 bits per heavy atom. The molecule has 2 heteroatoms. The zero-order valence-corrected chi connectivity index (χ0v) is 11.0. The molecular formula is C12H18IN. The predicted molar refractivity (Wildman–Crippen MR) is 72.4 cm³/mol. The molecule has 78 valence electrons. The summed E-state index contributed by atoms with van der Waals surface area (Å²) in [6.07, 6.45) is 2.50. The molecule has 1 nitrogen and oxygen atoms in total. The second kappa shape index (κ2) is 6.27. The van der Waals surface area contributed by atoms with Crippen molar-refractivity contribution in [2.75, 3.05) is 16.8 Å². The Hall–Kier alpha value is -0.250. The predicted octanol–water partition coefficient (Wildman–Crippen LogP) is 3.73. The second-order valence-corrected chi connectivity index (χ2v) is 4.63. The van der Waals surface area contributed by atoms with Crippen LogP contribution < -0.4 is 5.32 Å². The van der Waals surface area contributed by atoms with Gasteiger partial charge >= 0.3 is 0 Å². The van der Waals surface area contributed by atoms with Gasteiger partial charge in [-0.05, 0) is 36.5 Å². The number of benzene rings is 1. The van der Waals surface area contributed by atoms with Gasteiger partial charge in [-0.15, -0.1) is 0 Å². The van der Waals surface area contributed by atoms with Crippen molar-refractivity contribution in [3.05, 3.63) is 29.8 Å². The first-order chi connectivity index (χ1) is 6.76. The lowest BCUT2D eigenvalue weighted by atomic mass is 10.0. The largest absolute Gasteiger partial charge is 0.388 e. The van der Waals surface area contributed by atoms with Crippen molar-refractivity contribution in [1.29, 1.82) is 0 Å². The van der Waals surface area contributed by atoms with E-state index in [1.807, 2.05) is 7.05 Å². The van der Waals surface area contributed by atoms with Crippen molar-refractivity contribution in [1.82, 2.24) is 0 Å². The fourth-order valence-electron chi connectivity index (χ4n) is 1.33. The Bertz CT molecular complexity index is 256. The number of rotatable bonds is 5. The molecule has 1 aromatic carbocycles. The van der Waals surface area contributed by atoms with Crippen LogP contribution in [0.5, 0.6) is 0 Å². The van der Waals surface area contributed by atoms with Crippen LogP contribution in [0.3, 0.4) is 0 Å². The van der Waals surface area contributed by atoms with E-state index in [4.69, 9.17) is 0 Å². The molecule has 1 rings (SSSR count). The van der Waals surface area contributed by atoms with E-state index in [0.717, 1.165) is 5.92 Å². The zero-order chi connectivity index (χ0) is 10.4. The summed E-state index contributed by atoms with van der Waals surface area (Å²) in [7, 11) is 1.95. The fourth-order valence-corrected chi connectivity index (χ4v) is 1.77. The van der Waals surface area contributed by atoms with Gasteiger partial charge in [-0.2, -0.15) is 0 Å². The van der Waals surface area contributed by atoms with Crippen LogP contribution in [-0.2, 0) is 6.42 Å². The van der Waals surface area contributed by atoms with Gasteiger partial charge in [0.2, 0.25) is 0 Å². The van der Waals surface area contributed by atoms with Crippen LogP contribution in [0.2, 0.25) is 0 Å². The maximum Gasteiger partial charge on any atom is 0.0337 e. The third kappa shape index (κ3) is 3.86. The number of hydrogen-bond donors (Lipinski definition) is 1. The second-order valence-electron chi connectivity index (χ2n) is 3.75. The van der Waals surface area contributed by atoms with E-state index in [2.05, 4.69) is 59.1 Å². The Balaban J connectivity index is 2.43. The average molecular weight is 303 g/mol. The van der Waals surface area contributed by atoms with Gasteiger partial charge in [0, 0.05) is 17.2 Å². The molecule has 0 fully saturated rings. The van der Waals surface area contributed by atoms with Crippen LogP contribution in [0.4, 0.5) is 5.69 Å². The first kappa shape index (κ1) is 11.8. The molecule has 1 N–H and O–H groups in total. The minimum Gasteiger partial charge on any atom is -0.388 e. The maximum absolute atomic E-state index is 3.13. The van der Waals surface area contributed by atoms with Crippen molar-refractivity contribution in [3.8, 4) is 0 Å². The third-order valence-electron chi connectivity index (χ3n) is 2.43. The molecule has 0 heterocycles. The summed E-state index contributed by atoms with van der Waals surface area (Å²) in [4.78, 5) is 0. The normalized spacial score (nSPS) is 12.5. The lowest BCUT2D eigenvalue weighted by molar-refractivity contribution is 0.604. The van der Waals surface area contributed by atoms with Crippen molar-refractivity contribution in [2.24, 2.45) is 5.92 Å². The SMILES string of the molecule is CNc1ccc(CCC(C)CI)cc1. The average Bonchev–Trinajstić information content (AvgIpc) is 2.26. The van der Waals surface area contributed by atoms with E-state index in [1.54, 1.807) is 0 Å². The highest BCUT2D eigenvalue weighted by molar-refractivity contribution is 14.1. The summed E-state index contributed by atoms with van der Waals surface area (Å²) in [5, 5.41) is 3.13. The van der Waals surface area contributed by atoms with Crippen molar-refractivity contribution in [3.63, 3.8) is 0 Å². The molecule has 0 bridgehead atoms. The van der Waals surface area contributed by atoms with Crippen LogP contribution >= 0.6 is 22.6 Å². The Morgan fingerprint density at radius 1 is 1.29 bits per heavy atom. The molecule has 1 unspecified atom stereocenters. The molecule has 1 aromatic rings. The lowest BCUT2D eigenvalue weighted by Crippen LogP contribution is -1.98. The van der Waals surface area contributed by atoms with E-state index in [9.17, 15) is 0 Å². The van der Waals surface area contributed by atoms with Crippen molar-refractivity contribution in [2.45, 2.75) is 19.8 Å². The fraction of sp³-hybridized carbons (Fsp3) is 0.500. The quantitative estimate of drug-likeness (QED) is 0.645. The topological polar surface area (TPSA) is 12.0 Å². The van der Waals surface area contributed by atoms with Crippen molar-refractivity contribution < 1.29 is 0 Å². The van der Waals surface area contributed by atoms with Gasteiger partial charge in [0.15, 0.2) is 0 Å². The van der Waals surface area contributed by atoms with Crippen LogP contribution in [0.25, 0.3) is 0 Å². The van der Waals surface area contributed by atoms with Gasteiger partial charge < -0.3 is 5.32 Å². The van der Waals surface area contributed by atoms with Gasteiger partial charge in [-0.25, -0.2) is 0 Å². The van der Waals surface area contributed by atoms with Crippen LogP contribution in [0.1, 0.15) is 18.9 Å². The minimum atomic E-state index is 0.833. The van der Waals surface area contributed by atoms with Gasteiger partial charge in [0.25, 0.3) is 0 Å². The number of aryl methyl sites for hydroxylation is 1. The van der Waals surface area contributed by atoms with E-state index in [-0.39, 0.29) is 0 Å². The summed E-state index contributed by atoms with van der Waals surface area (Å²) in [6, 6.07) is 8.71. The minimum absolute atomic E-state index is 0.833. The first-order valence-corrected chi connectivity index (χ1v) is 6.61. The summed E-state index contributed by atoms with van der Waals surface area (Å²) >= 11 is 2.46.